The van der Waals surface area contributed by atoms with E-state index in [9.17, 15) is 10.1 Å². The molecule has 0 saturated carbocycles. The molecule has 5 unspecified atom stereocenters. The zero-order valence-electron chi connectivity index (χ0n) is 44.3. The second-order valence-electron chi connectivity index (χ2n) is 18.9. The smallest absolute Gasteiger partial charge is 0.266 e. The molecule has 2 aromatic heterocycles. The molecule has 16 nitrogen and oxygen atoms in total. The van der Waals surface area contributed by atoms with Gasteiger partial charge in [0.1, 0.15) is 47.5 Å². The third-order valence-corrected chi connectivity index (χ3v) is 15.7. The van der Waals surface area contributed by atoms with Crippen LogP contribution in [-0.4, -0.2) is 102 Å². The molecule has 17 heteroatoms. The van der Waals surface area contributed by atoms with Crippen molar-refractivity contribution in [2.24, 2.45) is 0 Å². The van der Waals surface area contributed by atoms with Crippen molar-refractivity contribution in [3.8, 4) is 23.3 Å². The Morgan fingerprint density at radius 2 is 1.36 bits per heavy atom. The molecule has 0 spiro atoms. The monoisotopic (exact) mass is 1060 g/mol. The molecule has 1 aliphatic rings. The van der Waals surface area contributed by atoms with E-state index in [0.717, 1.165) is 33.0 Å². The fourth-order valence-corrected chi connectivity index (χ4v) is 11.7. The summed E-state index contributed by atoms with van der Waals surface area (Å²) in [6.45, 7) is 8.37. The van der Waals surface area contributed by atoms with Gasteiger partial charge in [0.25, 0.3) is 14.4 Å². The van der Waals surface area contributed by atoms with Gasteiger partial charge in [-0.1, -0.05) is 115 Å². The predicted molar refractivity (Wildman–Crippen MR) is 295 cm³/mol. The van der Waals surface area contributed by atoms with E-state index in [-0.39, 0.29) is 56.6 Å². The summed E-state index contributed by atoms with van der Waals surface area (Å²) < 4.78 is 56.3. The van der Waals surface area contributed by atoms with Crippen molar-refractivity contribution < 1.29 is 42.3 Å². The van der Waals surface area contributed by atoms with Gasteiger partial charge >= 0.3 is 0 Å². The van der Waals surface area contributed by atoms with Crippen LogP contribution in [0, 0.1) is 11.3 Å². The first kappa shape index (κ1) is 54.5. The second-order valence-corrected chi connectivity index (χ2v) is 20.3. The number of amides is 1. The van der Waals surface area contributed by atoms with Crippen LogP contribution in [0.3, 0.4) is 0 Å². The highest BCUT2D eigenvalue weighted by Gasteiger charge is 2.51. The minimum absolute atomic E-state index is 0.00165. The minimum Gasteiger partial charge on any atom is -0.497 e. The summed E-state index contributed by atoms with van der Waals surface area (Å²) in [6.07, 6.45) is -0.167. The standard InChI is InChI=1S/C60H64N7O9P/c1-41(2)67(42(3)4)77(74-35-17-34-61)76-55-52(37-73-60(45-21-10-8-11-22-45,46-26-30-48(69-5)31-27-46)47-28-32-49(70-6)33-29-47)75-59(56(55)71-7)66-40-64-54-57(62-39-63-58(54)66)65(53(68)38-72-50-23-12-9-13-24-50)36-44-20-16-19-43-18-14-15-25-51(43)44/h8-16,18-33,39-42,52,55-56,59H,17,35-38H2,1-7H3. The Kier molecular flexibility index (Phi) is 17.8. The van der Waals surface area contributed by atoms with E-state index in [1.54, 1.807) is 49.3 Å². The third kappa shape index (κ3) is 11.8. The molecule has 0 N–H and O–H groups in total. The van der Waals surface area contributed by atoms with E-state index < -0.39 is 38.7 Å². The highest BCUT2D eigenvalue weighted by molar-refractivity contribution is 7.44. The number of nitriles is 1. The largest absolute Gasteiger partial charge is 0.497 e. The molecule has 1 amide bonds. The van der Waals surface area contributed by atoms with Gasteiger partial charge in [0.05, 0.1) is 52.8 Å². The van der Waals surface area contributed by atoms with Gasteiger partial charge in [-0.3, -0.25) is 14.3 Å². The molecule has 0 aliphatic carbocycles. The van der Waals surface area contributed by atoms with E-state index in [1.165, 1.54) is 6.33 Å². The Balaban J connectivity index is 1.15. The van der Waals surface area contributed by atoms with Crippen LogP contribution >= 0.6 is 8.53 Å². The SMILES string of the molecule is COc1ccc(C(OCC2OC(n3cnc4c(N(Cc5cccc6ccccc56)C(=O)COc5ccccc5)ncnc43)C(OC)C2OP(OCCC#N)N(C(C)C)C(C)C)(c2ccccc2)c2ccc(OC)cc2)cc1. The second kappa shape index (κ2) is 25.2. The summed E-state index contributed by atoms with van der Waals surface area (Å²) in [4.78, 5) is 30.7. The number of ether oxygens (including phenoxy) is 6. The number of carbonyl (C=O) groups excluding carboxylic acids is 1. The number of hydrogen-bond donors (Lipinski definition) is 0. The number of rotatable bonds is 24. The molecule has 9 rings (SSSR count). The maximum atomic E-state index is 14.6. The summed E-state index contributed by atoms with van der Waals surface area (Å²) in [5.41, 5.74) is 2.96. The molecule has 77 heavy (non-hydrogen) atoms. The molecular weight excluding hydrogens is 994 g/mol. The van der Waals surface area contributed by atoms with Gasteiger partial charge in [0.15, 0.2) is 29.8 Å². The summed E-state index contributed by atoms with van der Waals surface area (Å²) in [5, 5.41) is 11.7. The molecule has 1 saturated heterocycles. The molecule has 0 bridgehead atoms. The van der Waals surface area contributed by atoms with Gasteiger partial charge in [-0.25, -0.2) is 19.6 Å². The van der Waals surface area contributed by atoms with E-state index in [4.69, 9.17) is 52.4 Å². The Hall–Kier alpha value is -7.32. The van der Waals surface area contributed by atoms with E-state index in [0.29, 0.717) is 28.4 Å². The minimum atomic E-state index is -1.82. The highest BCUT2D eigenvalue weighted by Crippen LogP contribution is 2.52. The lowest BCUT2D eigenvalue weighted by atomic mass is 9.80. The van der Waals surface area contributed by atoms with Gasteiger partial charge < -0.3 is 37.5 Å². The zero-order valence-corrected chi connectivity index (χ0v) is 45.2. The van der Waals surface area contributed by atoms with Crippen molar-refractivity contribution in [3.63, 3.8) is 0 Å². The number of aromatic nitrogens is 4. The van der Waals surface area contributed by atoms with Crippen LogP contribution in [0.4, 0.5) is 5.82 Å². The molecule has 0 radical (unpaired) electrons. The topological polar surface area (TPSA) is 165 Å². The van der Waals surface area contributed by atoms with Gasteiger partial charge in [-0.05, 0) is 97.1 Å². The van der Waals surface area contributed by atoms with Gasteiger partial charge in [-0.15, -0.1) is 0 Å². The number of methoxy groups -OCH3 is 3. The average molecular weight is 1060 g/mol. The van der Waals surface area contributed by atoms with E-state index in [2.05, 4.69) is 38.4 Å². The maximum Gasteiger partial charge on any atom is 0.266 e. The van der Waals surface area contributed by atoms with Crippen molar-refractivity contribution in [1.82, 2.24) is 24.2 Å². The Bertz CT molecular complexity index is 3170. The summed E-state index contributed by atoms with van der Waals surface area (Å²) >= 11 is 0. The van der Waals surface area contributed by atoms with Gasteiger partial charge in [0.2, 0.25) is 0 Å². The van der Waals surface area contributed by atoms with Crippen LogP contribution in [0.25, 0.3) is 21.9 Å². The maximum absolute atomic E-state index is 14.6. The zero-order chi connectivity index (χ0) is 53.9. The van der Waals surface area contributed by atoms with Crippen molar-refractivity contribution in [2.75, 3.05) is 46.0 Å². The molecule has 8 aromatic rings. The summed E-state index contributed by atoms with van der Waals surface area (Å²) in [5.74, 6) is 1.88. The van der Waals surface area contributed by atoms with Crippen LogP contribution in [-0.2, 0) is 40.2 Å². The number of carbonyl (C=O) groups is 1. The third-order valence-electron chi connectivity index (χ3n) is 13.6. The highest BCUT2D eigenvalue weighted by atomic mass is 31.2. The number of hydrogen-bond acceptors (Lipinski definition) is 14. The van der Waals surface area contributed by atoms with Gasteiger partial charge in [0, 0.05) is 19.2 Å². The molecular formula is C60H64N7O9P. The van der Waals surface area contributed by atoms with Crippen LogP contribution in [0.5, 0.6) is 17.2 Å². The molecule has 5 atom stereocenters. The molecule has 6 aromatic carbocycles. The first-order valence-corrected chi connectivity index (χ1v) is 26.8. The van der Waals surface area contributed by atoms with Crippen molar-refractivity contribution >= 4 is 42.2 Å². The Labute approximate surface area is 451 Å². The molecule has 3 heterocycles. The van der Waals surface area contributed by atoms with Crippen LogP contribution in [0.1, 0.15) is 62.6 Å². The van der Waals surface area contributed by atoms with Crippen LogP contribution in [0.15, 0.2) is 164 Å². The number of para-hydroxylation sites is 1. The Morgan fingerprint density at radius 1 is 0.740 bits per heavy atom. The average Bonchev–Trinajstić information content (AvgIpc) is 4.12. The number of fused-ring (bicyclic) bond motifs is 2. The van der Waals surface area contributed by atoms with E-state index >= 15 is 0 Å². The Morgan fingerprint density at radius 3 is 2.00 bits per heavy atom. The van der Waals surface area contributed by atoms with Crippen molar-refractivity contribution in [1.29, 1.82) is 5.26 Å². The number of anilines is 1. The lowest BCUT2D eigenvalue weighted by Gasteiger charge is -2.39. The number of benzene rings is 6. The predicted octanol–water partition coefficient (Wildman–Crippen LogP) is 11.2. The van der Waals surface area contributed by atoms with Crippen molar-refractivity contribution in [3.05, 3.63) is 187 Å². The normalized spacial score (nSPS) is 17.0. The first-order chi connectivity index (χ1) is 37.6. The van der Waals surface area contributed by atoms with Crippen LogP contribution < -0.4 is 19.1 Å². The summed E-state index contributed by atoms with van der Waals surface area (Å²) in [7, 11) is 3.06. The number of nitrogens with zero attached hydrogens (tertiary/aromatic N) is 7. The van der Waals surface area contributed by atoms with E-state index in [1.807, 2.05) is 140 Å². The molecule has 1 aliphatic heterocycles. The molecule has 398 valence electrons. The fourth-order valence-electron chi connectivity index (χ4n) is 9.97. The van der Waals surface area contributed by atoms with Gasteiger partial charge in [-0.2, -0.15) is 5.26 Å². The lowest BCUT2D eigenvalue weighted by Crippen LogP contribution is -2.42. The first-order valence-electron chi connectivity index (χ1n) is 25.6. The molecule has 1 fully saturated rings. The quantitative estimate of drug-likeness (QED) is 0.0319. The number of imidazole rings is 1. The lowest BCUT2D eigenvalue weighted by molar-refractivity contribution is -0.120. The van der Waals surface area contributed by atoms with Crippen molar-refractivity contribution in [2.45, 2.75) is 82.9 Å². The van der Waals surface area contributed by atoms with Crippen LogP contribution in [0.2, 0.25) is 0 Å². The fraction of sp³-hybridized carbons (Fsp3) is 0.317. The summed E-state index contributed by atoms with van der Waals surface area (Å²) in [6, 6.07) is 51.2.